The first-order valence-corrected chi connectivity index (χ1v) is 8.56. The zero-order valence-electron chi connectivity index (χ0n) is 12.3. The maximum atomic E-state index is 3.39. The van der Waals surface area contributed by atoms with Crippen molar-refractivity contribution < 1.29 is 0 Å². The SMILES string of the molecule is CNC1CN([C@H]2c3ccccc3CSc3ccccc32)C1. The fourth-order valence-corrected chi connectivity index (χ4v) is 4.49. The zero-order valence-corrected chi connectivity index (χ0v) is 13.1. The van der Waals surface area contributed by atoms with Crippen LogP contribution in [0, 0.1) is 0 Å². The third-order valence-corrected chi connectivity index (χ3v) is 5.77. The molecule has 108 valence electrons. The van der Waals surface area contributed by atoms with E-state index in [1.807, 2.05) is 11.8 Å². The van der Waals surface area contributed by atoms with E-state index in [0.717, 1.165) is 18.8 Å². The van der Waals surface area contributed by atoms with E-state index in [1.54, 1.807) is 0 Å². The number of benzene rings is 2. The smallest absolute Gasteiger partial charge is 0.0616 e. The number of likely N-dealkylation sites (tertiary alicyclic amines) is 1. The Balaban J connectivity index is 1.79. The van der Waals surface area contributed by atoms with Gasteiger partial charge >= 0.3 is 0 Å². The zero-order chi connectivity index (χ0) is 14.2. The Hall–Kier alpha value is -1.29. The average molecular weight is 296 g/mol. The molecular weight excluding hydrogens is 276 g/mol. The van der Waals surface area contributed by atoms with Gasteiger partial charge in [-0.15, -0.1) is 11.8 Å². The second-order valence-electron chi connectivity index (χ2n) is 5.87. The molecule has 0 bridgehead atoms. The molecule has 3 heteroatoms. The Kier molecular flexibility index (Phi) is 3.49. The van der Waals surface area contributed by atoms with Crippen molar-refractivity contribution >= 4 is 11.8 Å². The predicted octanol–water partition coefficient (Wildman–Crippen LogP) is 3.29. The molecular formula is C18H20N2S. The lowest BCUT2D eigenvalue weighted by atomic mass is 9.90. The van der Waals surface area contributed by atoms with Crippen molar-refractivity contribution in [1.29, 1.82) is 0 Å². The lowest BCUT2D eigenvalue weighted by Gasteiger charge is -2.45. The molecule has 2 aromatic rings. The molecule has 0 amide bonds. The third-order valence-electron chi connectivity index (χ3n) is 4.63. The second-order valence-corrected chi connectivity index (χ2v) is 6.88. The Morgan fingerprint density at radius 1 is 1.00 bits per heavy atom. The minimum atomic E-state index is 0.414. The number of nitrogens with one attached hydrogen (secondary N) is 1. The summed E-state index contributed by atoms with van der Waals surface area (Å²) in [6, 6.07) is 18.9. The van der Waals surface area contributed by atoms with Crippen LogP contribution in [0.3, 0.4) is 0 Å². The van der Waals surface area contributed by atoms with Gasteiger partial charge in [0, 0.05) is 29.8 Å². The number of nitrogens with zero attached hydrogens (tertiary/aromatic N) is 1. The minimum Gasteiger partial charge on any atom is -0.315 e. The van der Waals surface area contributed by atoms with Gasteiger partial charge in [-0.3, -0.25) is 4.90 Å². The van der Waals surface area contributed by atoms with Gasteiger partial charge in [0.05, 0.1) is 6.04 Å². The quantitative estimate of drug-likeness (QED) is 0.915. The summed E-state index contributed by atoms with van der Waals surface area (Å²) in [5.74, 6) is 1.08. The molecule has 0 radical (unpaired) electrons. The summed E-state index contributed by atoms with van der Waals surface area (Å²) in [5, 5.41) is 3.39. The second kappa shape index (κ2) is 5.48. The standard InChI is InChI=1S/C18H20N2S/c1-19-14-10-20(11-14)18-15-7-3-2-6-13(15)12-21-17-9-5-4-8-16(17)18/h2-9,14,18-19H,10-12H2,1H3/t18-/m0/s1. The molecule has 0 saturated carbocycles. The van der Waals surface area contributed by atoms with Crippen molar-refractivity contribution in [3.8, 4) is 0 Å². The molecule has 1 N–H and O–H groups in total. The summed E-state index contributed by atoms with van der Waals surface area (Å²) in [6.45, 7) is 2.27. The number of hydrogen-bond acceptors (Lipinski definition) is 3. The highest BCUT2D eigenvalue weighted by Gasteiger charge is 2.36. The lowest BCUT2D eigenvalue weighted by Crippen LogP contribution is -2.58. The molecule has 0 spiro atoms. The van der Waals surface area contributed by atoms with Crippen molar-refractivity contribution in [2.45, 2.75) is 22.7 Å². The van der Waals surface area contributed by atoms with Gasteiger partial charge in [-0.05, 0) is 29.8 Å². The molecule has 1 fully saturated rings. The molecule has 2 aromatic carbocycles. The van der Waals surface area contributed by atoms with Gasteiger partial charge in [0.25, 0.3) is 0 Å². The van der Waals surface area contributed by atoms with E-state index in [-0.39, 0.29) is 0 Å². The molecule has 4 rings (SSSR count). The normalized spacial score (nSPS) is 22.0. The summed E-state index contributed by atoms with van der Waals surface area (Å²) in [7, 11) is 2.06. The predicted molar refractivity (Wildman–Crippen MR) is 88.7 cm³/mol. The fraction of sp³-hybridized carbons (Fsp3) is 0.333. The van der Waals surface area contributed by atoms with Crippen LogP contribution in [0.15, 0.2) is 53.4 Å². The molecule has 0 aromatic heterocycles. The van der Waals surface area contributed by atoms with Gasteiger partial charge in [-0.1, -0.05) is 42.5 Å². The third kappa shape index (κ3) is 2.30. The lowest BCUT2D eigenvalue weighted by molar-refractivity contribution is 0.0964. The molecule has 2 aliphatic rings. The average Bonchev–Trinajstić information content (AvgIpc) is 2.64. The van der Waals surface area contributed by atoms with Crippen LogP contribution in [0.25, 0.3) is 0 Å². The van der Waals surface area contributed by atoms with Gasteiger partial charge in [-0.25, -0.2) is 0 Å². The Bertz CT molecular complexity index is 602. The van der Waals surface area contributed by atoms with Crippen LogP contribution >= 0.6 is 11.8 Å². The highest BCUT2D eigenvalue weighted by Crippen LogP contribution is 2.43. The number of hydrogen-bond donors (Lipinski definition) is 1. The number of rotatable bonds is 2. The van der Waals surface area contributed by atoms with E-state index in [9.17, 15) is 0 Å². The maximum absolute atomic E-state index is 3.39. The first kappa shape index (κ1) is 13.4. The van der Waals surface area contributed by atoms with Gasteiger partial charge in [0.15, 0.2) is 0 Å². The first-order valence-electron chi connectivity index (χ1n) is 7.57. The van der Waals surface area contributed by atoms with E-state index in [0.29, 0.717) is 12.1 Å². The van der Waals surface area contributed by atoms with Gasteiger partial charge < -0.3 is 5.32 Å². The Morgan fingerprint density at radius 2 is 1.71 bits per heavy atom. The van der Waals surface area contributed by atoms with Gasteiger partial charge in [0.2, 0.25) is 0 Å². The fourth-order valence-electron chi connectivity index (χ4n) is 3.39. The van der Waals surface area contributed by atoms with Crippen molar-refractivity contribution in [2.24, 2.45) is 0 Å². The Morgan fingerprint density at radius 3 is 2.52 bits per heavy atom. The molecule has 21 heavy (non-hydrogen) atoms. The van der Waals surface area contributed by atoms with Crippen LogP contribution in [0.4, 0.5) is 0 Å². The topological polar surface area (TPSA) is 15.3 Å². The highest BCUT2D eigenvalue weighted by atomic mass is 32.2. The van der Waals surface area contributed by atoms with Crippen LogP contribution in [0.1, 0.15) is 22.7 Å². The van der Waals surface area contributed by atoms with E-state index in [1.165, 1.54) is 21.6 Å². The monoisotopic (exact) mass is 296 g/mol. The molecule has 0 aliphatic carbocycles. The summed E-state index contributed by atoms with van der Waals surface area (Å²) < 4.78 is 0. The van der Waals surface area contributed by atoms with E-state index in [4.69, 9.17) is 0 Å². The summed E-state index contributed by atoms with van der Waals surface area (Å²) >= 11 is 1.97. The van der Waals surface area contributed by atoms with Crippen LogP contribution in [-0.4, -0.2) is 31.1 Å². The molecule has 1 saturated heterocycles. The van der Waals surface area contributed by atoms with Crippen molar-refractivity contribution in [1.82, 2.24) is 10.2 Å². The summed E-state index contributed by atoms with van der Waals surface area (Å²) in [4.78, 5) is 4.04. The van der Waals surface area contributed by atoms with E-state index in [2.05, 4.69) is 65.8 Å². The first-order chi connectivity index (χ1) is 10.4. The van der Waals surface area contributed by atoms with E-state index >= 15 is 0 Å². The number of fused-ring (bicyclic) bond motifs is 2. The molecule has 1 atom stereocenters. The maximum Gasteiger partial charge on any atom is 0.0616 e. The number of likely N-dealkylation sites (N-methyl/N-ethyl adjacent to an activating group) is 1. The van der Waals surface area contributed by atoms with Crippen LogP contribution < -0.4 is 5.32 Å². The van der Waals surface area contributed by atoms with Gasteiger partial charge in [-0.2, -0.15) is 0 Å². The Labute approximate surface area is 130 Å². The van der Waals surface area contributed by atoms with Crippen molar-refractivity contribution in [3.05, 3.63) is 65.2 Å². The summed E-state index contributed by atoms with van der Waals surface area (Å²) in [6.07, 6.45) is 0. The van der Waals surface area contributed by atoms with Crippen molar-refractivity contribution in [3.63, 3.8) is 0 Å². The molecule has 0 unspecified atom stereocenters. The highest BCUT2D eigenvalue weighted by molar-refractivity contribution is 7.98. The van der Waals surface area contributed by atoms with Crippen LogP contribution in [0.2, 0.25) is 0 Å². The summed E-state index contributed by atoms with van der Waals surface area (Å²) in [5.41, 5.74) is 4.45. The van der Waals surface area contributed by atoms with Crippen LogP contribution in [0.5, 0.6) is 0 Å². The van der Waals surface area contributed by atoms with Gasteiger partial charge in [0.1, 0.15) is 0 Å². The largest absolute Gasteiger partial charge is 0.315 e. The molecule has 2 nitrogen and oxygen atoms in total. The van der Waals surface area contributed by atoms with Crippen molar-refractivity contribution in [2.75, 3.05) is 20.1 Å². The number of thioether (sulfide) groups is 1. The molecule has 2 aliphatic heterocycles. The molecule has 2 heterocycles. The van der Waals surface area contributed by atoms with E-state index < -0.39 is 0 Å². The minimum absolute atomic E-state index is 0.414. The van der Waals surface area contributed by atoms with Crippen LogP contribution in [-0.2, 0) is 5.75 Å².